The van der Waals surface area contributed by atoms with Crippen LogP contribution < -0.4 is 0 Å². The van der Waals surface area contributed by atoms with Crippen molar-refractivity contribution in [1.29, 1.82) is 0 Å². The van der Waals surface area contributed by atoms with Crippen LogP contribution in [0, 0.1) is 0 Å². The smallest absolute Gasteiger partial charge is 0.116 e. The van der Waals surface area contributed by atoms with Gasteiger partial charge >= 0.3 is 0 Å². The van der Waals surface area contributed by atoms with E-state index in [1.54, 1.807) is 29.5 Å². The van der Waals surface area contributed by atoms with Crippen LogP contribution in [-0.2, 0) is 0 Å². The van der Waals surface area contributed by atoms with Gasteiger partial charge in [-0.1, -0.05) is 139 Å². The fraction of sp³-hybridized carbons (Fsp3) is 0. The Labute approximate surface area is 303 Å². The van der Waals surface area contributed by atoms with Crippen molar-refractivity contribution in [3.63, 3.8) is 0 Å². The van der Waals surface area contributed by atoms with Crippen molar-refractivity contribution >= 4 is 64.0 Å². The quantitative estimate of drug-likeness (QED) is 0.177. The van der Waals surface area contributed by atoms with Crippen molar-refractivity contribution in [2.24, 2.45) is 0 Å². The Morgan fingerprint density at radius 2 is 1.00 bits per heavy atom. The second kappa shape index (κ2) is 11.2. The average molecular weight is 652 g/mol. The second-order valence-electron chi connectivity index (χ2n) is 11.7. The highest BCUT2D eigenvalue weighted by molar-refractivity contribution is 7.26. The van der Waals surface area contributed by atoms with Crippen LogP contribution in [0.25, 0.3) is 97.3 Å². The van der Waals surface area contributed by atoms with Gasteiger partial charge in [0.05, 0.1) is 31.0 Å². The molecule has 10 aromatic rings. The molecular weight excluding hydrogens is 613 g/mol. The molecule has 0 fully saturated rings. The predicted octanol–water partition coefficient (Wildman–Crippen LogP) is 13.0. The number of thiophene rings is 1. The first kappa shape index (κ1) is 19.0. The molecule has 0 aliphatic heterocycles. The summed E-state index contributed by atoms with van der Waals surface area (Å²) in [4.78, 5) is 9.40. The maximum atomic E-state index is 9.64. The molecular formula is C46H28N2S. The molecule has 228 valence electrons. The largest absolute Gasteiger partial charge is 0.235 e. The summed E-state index contributed by atoms with van der Waals surface area (Å²) in [6.45, 7) is 0. The van der Waals surface area contributed by atoms with E-state index in [-0.39, 0.29) is 50.0 Å². The van der Waals surface area contributed by atoms with Crippen molar-refractivity contribution in [2.75, 3.05) is 0 Å². The van der Waals surface area contributed by atoms with Crippen molar-refractivity contribution in [3.8, 4) is 44.6 Å². The lowest BCUT2D eigenvalue weighted by molar-refractivity contribution is 1.24. The topological polar surface area (TPSA) is 25.8 Å². The lowest BCUT2D eigenvalue weighted by Gasteiger charge is -2.12. The molecule has 2 aromatic heterocycles. The van der Waals surface area contributed by atoms with Gasteiger partial charge in [-0.3, -0.25) is 0 Å². The maximum Gasteiger partial charge on any atom is 0.116 e. The summed E-state index contributed by atoms with van der Waals surface area (Å²) < 4.78 is 99.5. The third-order valence-electron chi connectivity index (χ3n) is 8.94. The number of hydrogen-bond donors (Lipinski definition) is 0. The molecule has 3 heteroatoms. The van der Waals surface area contributed by atoms with E-state index in [4.69, 9.17) is 20.9 Å². The molecule has 0 bridgehead atoms. The summed E-state index contributed by atoms with van der Waals surface area (Å²) in [5, 5.41) is 0.00794. The SMILES string of the molecule is [2H]c1c([2H])c([2H])c2c(c1[2H])c1c([2H])c([2H])c([2H])c([2H])c1c1c([2H])c(-c3cccc(-c4ncnc5c4sc4ccc(-c6ccc(-c7ccccc7)cc6)cc45)c3)c([2H])c([2H])c21. The van der Waals surface area contributed by atoms with Gasteiger partial charge in [0.15, 0.2) is 0 Å². The number of rotatable bonds is 4. The Kier molecular flexibility index (Phi) is 4.35. The van der Waals surface area contributed by atoms with Crippen molar-refractivity contribution < 1.29 is 15.1 Å². The van der Waals surface area contributed by atoms with Crippen molar-refractivity contribution in [1.82, 2.24) is 9.97 Å². The first-order valence-corrected chi connectivity index (χ1v) is 16.5. The average Bonchev–Trinajstić information content (AvgIpc) is 3.66. The standard InChI is InChI=1S/C46H28N2S/c1-2-9-29(10-3-1)30-17-19-31(20-18-30)33-22-24-43-42(27-33)45-46(49-43)44(47-28-48-45)35-12-8-11-32(25-35)34-21-23-40-38-15-5-4-13-36(38)37-14-6-7-16-39(37)41(40)26-34/h1-28H/i4D,5D,6D,7D,13D,14D,15D,16D,21D,23D,26D. The van der Waals surface area contributed by atoms with Crippen molar-refractivity contribution in [3.05, 3.63) is 170 Å². The number of fused-ring (bicyclic) bond motifs is 9. The Hall–Kier alpha value is -6.16. The van der Waals surface area contributed by atoms with E-state index in [0.29, 0.717) is 16.8 Å². The van der Waals surface area contributed by atoms with Gasteiger partial charge in [-0.15, -0.1) is 11.3 Å². The Morgan fingerprint density at radius 3 is 1.73 bits per heavy atom. The zero-order valence-electron chi connectivity index (χ0n) is 36.6. The summed E-state index contributed by atoms with van der Waals surface area (Å²) >= 11 is 1.55. The lowest BCUT2D eigenvalue weighted by atomic mass is 9.92. The van der Waals surface area contributed by atoms with E-state index in [1.165, 1.54) is 6.33 Å². The number of nitrogens with zero attached hydrogens (tertiary/aromatic N) is 2. The molecule has 0 radical (unpaired) electrons. The van der Waals surface area contributed by atoms with Crippen molar-refractivity contribution in [2.45, 2.75) is 0 Å². The number of benzene rings is 8. The molecule has 0 aliphatic rings. The second-order valence-corrected chi connectivity index (χ2v) is 12.8. The molecule has 2 nitrogen and oxygen atoms in total. The van der Waals surface area contributed by atoms with Gasteiger partial charge in [0.2, 0.25) is 0 Å². The molecule has 49 heavy (non-hydrogen) atoms. The normalized spacial score (nSPS) is 14.8. The van der Waals surface area contributed by atoms with Crippen LogP contribution in [0.4, 0.5) is 0 Å². The highest BCUT2D eigenvalue weighted by atomic mass is 32.1. The van der Waals surface area contributed by atoms with E-state index < -0.39 is 54.4 Å². The monoisotopic (exact) mass is 651 g/mol. The molecule has 10 rings (SSSR count). The van der Waals surface area contributed by atoms with Gasteiger partial charge in [-0.25, -0.2) is 9.97 Å². The van der Waals surface area contributed by atoms with Crippen LogP contribution in [0.3, 0.4) is 0 Å². The van der Waals surface area contributed by atoms with E-state index in [2.05, 4.69) is 54.6 Å². The molecule has 0 spiro atoms. The van der Waals surface area contributed by atoms with Crippen LogP contribution in [0.15, 0.2) is 170 Å². The minimum absolute atomic E-state index is 0.0211. The Bertz CT molecular complexity index is 3450. The molecule has 0 saturated heterocycles. The zero-order chi connectivity index (χ0) is 41.9. The first-order chi connectivity index (χ1) is 28.9. The van der Waals surface area contributed by atoms with Crippen LogP contribution in [0.2, 0.25) is 0 Å². The minimum Gasteiger partial charge on any atom is -0.235 e. The molecule has 0 aliphatic carbocycles. The molecule has 0 N–H and O–H groups in total. The summed E-state index contributed by atoms with van der Waals surface area (Å²) in [7, 11) is 0. The summed E-state index contributed by atoms with van der Waals surface area (Å²) in [5.41, 5.74) is 6.84. The third-order valence-corrected chi connectivity index (χ3v) is 10.1. The maximum absolute atomic E-state index is 9.64. The van der Waals surface area contributed by atoms with Gasteiger partial charge < -0.3 is 0 Å². The third kappa shape index (κ3) is 4.62. The highest BCUT2D eigenvalue weighted by Gasteiger charge is 2.15. The van der Waals surface area contributed by atoms with Gasteiger partial charge in [0.25, 0.3) is 0 Å². The van der Waals surface area contributed by atoms with Gasteiger partial charge in [0, 0.05) is 15.6 Å². The Balaban J connectivity index is 1.16. The Morgan fingerprint density at radius 1 is 0.429 bits per heavy atom. The van der Waals surface area contributed by atoms with E-state index in [1.807, 2.05) is 24.3 Å². The van der Waals surface area contributed by atoms with Crippen LogP contribution in [0.1, 0.15) is 15.1 Å². The minimum atomic E-state index is -0.607. The van der Waals surface area contributed by atoms with Crippen LogP contribution in [-0.4, -0.2) is 9.97 Å². The molecule has 2 heterocycles. The van der Waals surface area contributed by atoms with E-state index in [0.717, 1.165) is 42.6 Å². The summed E-state index contributed by atoms with van der Waals surface area (Å²) in [6.07, 6.45) is 1.51. The van der Waals surface area contributed by atoms with E-state index >= 15 is 0 Å². The van der Waals surface area contributed by atoms with Crippen LogP contribution >= 0.6 is 11.3 Å². The van der Waals surface area contributed by atoms with Crippen LogP contribution in [0.5, 0.6) is 0 Å². The lowest BCUT2D eigenvalue weighted by Crippen LogP contribution is -1.88. The van der Waals surface area contributed by atoms with Gasteiger partial charge in [-0.05, 0) is 89.9 Å². The van der Waals surface area contributed by atoms with Gasteiger partial charge in [0.1, 0.15) is 6.33 Å². The zero-order valence-corrected chi connectivity index (χ0v) is 26.4. The summed E-state index contributed by atoms with van der Waals surface area (Å²) in [6, 6.07) is 26.4. The first-order valence-electron chi connectivity index (χ1n) is 21.2. The molecule has 8 aromatic carbocycles. The fourth-order valence-corrected chi connectivity index (χ4v) is 7.72. The molecule has 0 amide bonds. The molecule has 0 atom stereocenters. The fourth-order valence-electron chi connectivity index (χ4n) is 6.57. The number of aromatic nitrogens is 2. The molecule has 0 saturated carbocycles. The van der Waals surface area contributed by atoms with E-state index in [9.17, 15) is 4.11 Å². The predicted molar refractivity (Wildman–Crippen MR) is 209 cm³/mol. The summed E-state index contributed by atoms with van der Waals surface area (Å²) in [5.74, 6) is 0. The number of hydrogen-bond acceptors (Lipinski definition) is 3. The highest BCUT2D eigenvalue weighted by Crippen LogP contribution is 2.41. The van der Waals surface area contributed by atoms with Gasteiger partial charge in [-0.2, -0.15) is 0 Å². The molecule has 0 unspecified atom stereocenters.